The first-order valence-corrected chi connectivity index (χ1v) is 15.7. The van der Waals surface area contributed by atoms with E-state index < -0.39 is 16.1 Å². The number of carbonyl (C=O) groups is 1. The van der Waals surface area contributed by atoms with Crippen LogP contribution in [-0.2, 0) is 32.5 Å². The van der Waals surface area contributed by atoms with E-state index in [-0.39, 0.29) is 35.6 Å². The van der Waals surface area contributed by atoms with E-state index in [1.165, 1.54) is 22.5 Å². The summed E-state index contributed by atoms with van der Waals surface area (Å²) in [5.74, 6) is -0.0433. The zero-order valence-electron chi connectivity index (χ0n) is 22.3. The Morgan fingerprint density at radius 3 is 2.36 bits per heavy atom. The SMILES string of the molecule is CN1CCN(C2CCN(C(=O)COCC3Cc4ccccc4CN3S(=O)(=O)c3ccc(Cl)cc3Cl)CC2)CC1. The molecule has 1 atom stereocenters. The molecule has 1 amide bonds. The molecule has 39 heavy (non-hydrogen) atoms. The van der Waals surface area contributed by atoms with E-state index in [1.54, 1.807) is 0 Å². The Labute approximate surface area is 241 Å². The number of hydrogen-bond acceptors (Lipinski definition) is 6. The van der Waals surface area contributed by atoms with Crippen LogP contribution < -0.4 is 0 Å². The molecular formula is C28H36Cl2N4O4S. The first-order valence-electron chi connectivity index (χ1n) is 13.5. The molecule has 3 aliphatic rings. The van der Waals surface area contributed by atoms with Crippen LogP contribution in [0.15, 0.2) is 47.4 Å². The van der Waals surface area contributed by atoms with E-state index in [4.69, 9.17) is 27.9 Å². The van der Waals surface area contributed by atoms with Crippen molar-refractivity contribution in [3.05, 3.63) is 63.6 Å². The number of likely N-dealkylation sites (N-methyl/N-ethyl adjacent to an activating group) is 1. The van der Waals surface area contributed by atoms with E-state index in [0.29, 0.717) is 17.5 Å². The summed E-state index contributed by atoms with van der Waals surface area (Å²) in [6.07, 6.45) is 2.44. The fraction of sp³-hybridized carbons (Fsp3) is 0.536. The molecule has 8 nitrogen and oxygen atoms in total. The van der Waals surface area contributed by atoms with Crippen LogP contribution in [0, 0.1) is 0 Å². The summed E-state index contributed by atoms with van der Waals surface area (Å²) in [6, 6.07) is 12.3. The number of ether oxygens (including phenoxy) is 1. The number of halogens is 2. The topological polar surface area (TPSA) is 73.4 Å². The highest BCUT2D eigenvalue weighted by molar-refractivity contribution is 7.89. The van der Waals surface area contributed by atoms with Crippen LogP contribution in [-0.4, -0.2) is 105 Å². The number of piperazine rings is 1. The summed E-state index contributed by atoms with van der Waals surface area (Å²) < 4.78 is 34.8. The number of hydrogen-bond donors (Lipinski definition) is 0. The molecule has 0 saturated carbocycles. The number of sulfonamides is 1. The predicted molar refractivity (Wildman–Crippen MR) is 153 cm³/mol. The predicted octanol–water partition coefficient (Wildman–Crippen LogP) is 3.36. The maximum Gasteiger partial charge on any atom is 0.248 e. The Bertz CT molecular complexity index is 1280. The highest BCUT2D eigenvalue weighted by atomic mass is 35.5. The number of likely N-dealkylation sites (tertiary alicyclic amines) is 1. The molecule has 3 aliphatic heterocycles. The molecule has 0 N–H and O–H groups in total. The fourth-order valence-corrected chi connectivity index (χ4v) is 8.17. The van der Waals surface area contributed by atoms with Crippen LogP contribution in [0.5, 0.6) is 0 Å². The second kappa shape index (κ2) is 12.4. The third-order valence-corrected chi connectivity index (χ3v) is 10.8. The molecule has 2 aromatic rings. The van der Waals surface area contributed by atoms with Gasteiger partial charge in [0.05, 0.1) is 17.7 Å². The molecule has 0 aliphatic carbocycles. The minimum absolute atomic E-state index is 0.0113. The second-order valence-electron chi connectivity index (χ2n) is 10.7. The highest BCUT2D eigenvalue weighted by Crippen LogP contribution is 2.33. The van der Waals surface area contributed by atoms with Crippen LogP contribution in [0.4, 0.5) is 0 Å². The van der Waals surface area contributed by atoms with Crippen LogP contribution in [0.25, 0.3) is 0 Å². The summed E-state index contributed by atoms with van der Waals surface area (Å²) in [7, 11) is -1.77. The van der Waals surface area contributed by atoms with Crippen LogP contribution in [0.1, 0.15) is 24.0 Å². The molecule has 0 bridgehead atoms. The molecule has 5 rings (SSSR count). The summed E-state index contributed by atoms with van der Waals surface area (Å²) in [5.41, 5.74) is 2.03. The number of amides is 1. The number of carbonyl (C=O) groups excluding carboxylic acids is 1. The van der Waals surface area contributed by atoms with Crippen molar-refractivity contribution in [1.29, 1.82) is 0 Å². The minimum atomic E-state index is -3.93. The Balaban J connectivity index is 1.20. The first kappa shape index (κ1) is 28.8. The smallest absolute Gasteiger partial charge is 0.248 e. The first-order chi connectivity index (χ1) is 18.7. The third kappa shape index (κ3) is 6.62. The van der Waals surface area contributed by atoms with Crippen LogP contribution in [0.2, 0.25) is 10.0 Å². The molecule has 212 valence electrons. The number of rotatable bonds is 7. The molecule has 2 fully saturated rings. The van der Waals surface area contributed by atoms with Gasteiger partial charge in [0, 0.05) is 56.9 Å². The van der Waals surface area contributed by atoms with E-state index in [9.17, 15) is 13.2 Å². The molecule has 0 spiro atoms. The van der Waals surface area contributed by atoms with Gasteiger partial charge in [-0.25, -0.2) is 8.42 Å². The van der Waals surface area contributed by atoms with Gasteiger partial charge in [0.2, 0.25) is 15.9 Å². The fourth-order valence-electron chi connectivity index (χ4n) is 5.84. The molecule has 2 saturated heterocycles. The Kier molecular flexibility index (Phi) is 9.18. The van der Waals surface area contributed by atoms with Gasteiger partial charge in [-0.15, -0.1) is 0 Å². The quantitative estimate of drug-likeness (QED) is 0.489. The number of fused-ring (bicyclic) bond motifs is 1. The van der Waals surface area contributed by atoms with E-state index in [0.717, 1.165) is 63.2 Å². The molecule has 3 heterocycles. The van der Waals surface area contributed by atoms with Gasteiger partial charge in [-0.1, -0.05) is 47.5 Å². The monoisotopic (exact) mass is 594 g/mol. The van der Waals surface area contributed by atoms with E-state index >= 15 is 0 Å². The Hall–Kier alpha value is -1.72. The Morgan fingerprint density at radius 2 is 1.67 bits per heavy atom. The van der Waals surface area contributed by atoms with Crippen LogP contribution in [0.3, 0.4) is 0 Å². The number of piperidine rings is 1. The third-order valence-electron chi connectivity index (χ3n) is 8.20. The molecular weight excluding hydrogens is 559 g/mol. The van der Waals surface area contributed by atoms with Gasteiger partial charge in [-0.05, 0) is 55.6 Å². The van der Waals surface area contributed by atoms with Crippen molar-refractivity contribution in [1.82, 2.24) is 19.0 Å². The van der Waals surface area contributed by atoms with Crippen molar-refractivity contribution < 1.29 is 17.9 Å². The maximum absolute atomic E-state index is 13.7. The lowest BCUT2D eigenvalue weighted by atomic mass is 9.96. The van der Waals surface area contributed by atoms with Gasteiger partial charge >= 0.3 is 0 Å². The van der Waals surface area contributed by atoms with Gasteiger partial charge in [-0.2, -0.15) is 4.31 Å². The van der Waals surface area contributed by atoms with E-state index in [1.807, 2.05) is 29.2 Å². The van der Waals surface area contributed by atoms with Gasteiger partial charge < -0.3 is 14.5 Å². The lowest BCUT2D eigenvalue weighted by molar-refractivity contribution is -0.138. The molecule has 0 radical (unpaired) electrons. The van der Waals surface area contributed by atoms with Crippen molar-refractivity contribution in [2.24, 2.45) is 0 Å². The number of benzene rings is 2. The molecule has 0 aromatic heterocycles. The largest absolute Gasteiger partial charge is 0.370 e. The highest BCUT2D eigenvalue weighted by Gasteiger charge is 2.37. The summed E-state index contributed by atoms with van der Waals surface area (Å²) >= 11 is 12.3. The van der Waals surface area contributed by atoms with Gasteiger partial charge in [0.15, 0.2) is 0 Å². The van der Waals surface area contributed by atoms with Crippen molar-refractivity contribution in [3.63, 3.8) is 0 Å². The summed E-state index contributed by atoms with van der Waals surface area (Å²) in [6.45, 7) is 6.07. The zero-order valence-corrected chi connectivity index (χ0v) is 24.6. The maximum atomic E-state index is 13.7. The van der Waals surface area contributed by atoms with Crippen molar-refractivity contribution in [2.75, 3.05) is 59.5 Å². The minimum Gasteiger partial charge on any atom is -0.370 e. The summed E-state index contributed by atoms with van der Waals surface area (Å²) in [5, 5.41) is 0.449. The van der Waals surface area contributed by atoms with Crippen molar-refractivity contribution >= 4 is 39.1 Å². The molecule has 11 heteroatoms. The summed E-state index contributed by atoms with van der Waals surface area (Å²) in [4.78, 5) is 19.8. The van der Waals surface area contributed by atoms with Gasteiger partial charge in [0.1, 0.15) is 11.5 Å². The van der Waals surface area contributed by atoms with Crippen molar-refractivity contribution in [2.45, 2.75) is 42.8 Å². The molecule has 2 aromatic carbocycles. The number of nitrogens with zero attached hydrogens (tertiary/aromatic N) is 4. The van der Waals surface area contributed by atoms with Crippen LogP contribution >= 0.6 is 23.2 Å². The van der Waals surface area contributed by atoms with Gasteiger partial charge in [-0.3, -0.25) is 9.69 Å². The lowest BCUT2D eigenvalue weighted by Gasteiger charge is -2.42. The van der Waals surface area contributed by atoms with Crippen molar-refractivity contribution in [3.8, 4) is 0 Å². The van der Waals surface area contributed by atoms with Gasteiger partial charge in [0.25, 0.3) is 0 Å². The standard InChI is InChI=1S/C28H36Cl2N4O4S/c1-31-12-14-32(15-13-31)24-8-10-33(11-9-24)28(35)20-38-19-25-16-21-4-2-3-5-22(21)18-34(25)39(36,37)27-7-6-23(29)17-26(27)30/h2-7,17,24-25H,8-16,18-20H2,1H3. The second-order valence-corrected chi connectivity index (χ2v) is 13.4. The zero-order chi connectivity index (χ0) is 27.6. The van der Waals surface area contributed by atoms with E-state index in [2.05, 4.69) is 16.8 Å². The lowest BCUT2D eigenvalue weighted by Crippen LogP contribution is -2.53. The normalized spacial score (nSPS) is 22.1. The average Bonchev–Trinajstić information content (AvgIpc) is 2.93. The average molecular weight is 596 g/mol. The Morgan fingerprint density at radius 1 is 0.974 bits per heavy atom. The molecule has 1 unspecified atom stereocenters.